The number of hydrogen-bond donors (Lipinski definition) is 2. The van der Waals surface area contributed by atoms with Crippen LogP contribution in [0.5, 0.6) is 5.75 Å². The summed E-state index contributed by atoms with van der Waals surface area (Å²) in [4.78, 5) is 46.3. The average Bonchev–Trinajstić information content (AvgIpc) is 3.53. The number of aryl methyl sites for hydroxylation is 1. The van der Waals surface area contributed by atoms with E-state index in [0.29, 0.717) is 56.0 Å². The highest BCUT2D eigenvalue weighted by atomic mass is 16.3. The maximum Gasteiger partial charge on any atom is 0.255 e. The second-order valence-corrected chi connectivity index (χ2v) is 16.5. The number of benzene rings is 4. The van der Waals surface area contributed by atoms with E-state index in [1.165, 1.54) is 27.9 Å². The number of carbonyl (C=O) groups excluding carboxylic acids is 3. The topological polar surface area (TPSA) is 105 Å². The van der Waals surface area contributed by atoms with Gasteiger partial charge in [-0.25, -0.2) is 0 Å². The SMILES string of the molecule is O=C1CCC(N2Cc3cc(N4CCC(O)(CN5CCN(c6ccc([C@@H]7c8ccc(O)cc8CC[C@@H]7c7ccccc7)cc6)CC5)CC4)ccc3C2=O)C(=O)C1. The molecule has 9 rings (SSSR count). The summed E-state index contributed by atoms with van der Waals surface area (Å²) in [5, 5.41) is 21.9. The van der Waals surface area contributed by atoms with Crippen LogP contribution in [0.3, 0.4) is 0 Å². The Hall–Kier alpha value is -4.99. The molecular weight excluding hydrogens is 689 g/mol. The van der Waals surface area contributed by atoms with Gasteiger partial charge in [-0.3, -0.25) is 19.3 Å². The lowest BCUT2D eigenvalue weighted by Crippen LogP contribution is -2.55. The van der Waals surface area contributed by atoms with Crippen molar-refractivity contribution in [2.75, 3.05) is 55.6 Å². The van der Waals surface area contributed by atoms with E-state index in [1.54, 1.807) is 4.90 Å². The number of piperidine rings is 1. The van der Waals surface area contributed by atoms with Crippen molar-refractivity contribution < 1.29 is 24.6 Å². The van der Waals surface area contributed by atoms with Crippen LogP contribution in [-0.4, -0.2) is 94.9 Å². The lowest BCUT2D eigenvalue weighted by molar-refractivity contribution is -0.133. The molecule has 2 saturated heterocycles. The molecule has 3 heterocycles. The van der Waals surface area contributed by atoms with Crippen LogP contribution in [0.15, 0.2) is 91.0 Å². The Morgan fingerprint density at radius 1 is 0.691 bits per heavy atom. The van der Waals surface area contributed by atoms with E-state index in [2.05, 4.69) is 81.4 Å². The third kappa shape index (κ3) is 7.04. The Morgan fingerprint density at radius 3 is 2.16 bits per heavy atom. The summed E-state index contributed by atoms with van der Waals surface area (Å²) in [6, 6.07) is 31.3. The van der Waals surface area contributed by atoms with Gasteiger partial charge in [0.15, 0.2) is 5.78 Å². The van der Waals surface area contributed by atoms with Crippen molar-refractivity contribution in [2.45, 2.75) is 75.0 Å². The van der Waals surface area contributed by atoms with Crippen LogP contribution < -0.4 is 9.80 Å². The Kier molecular flexibility index (Phi) is 9.47. The van der Waals surface area contributed by atoms with Crippen LogP contribution >= 0.6 is 0 Å². The van der Waals surface area contributed by atoms with Crippen LogP contribution in [0.1, 0.15) is 88.5 Å². The van der Waals surface area contributed by atoms with Gasteiger partial charge in [0.05, 0.1) is 18.1 Å². The van der Waals surface area contributed by atoms with Gasteiger partial charge in [0, 0.05) is 81.6 Å². The number of Topliss-reactive ketones (excluding diaryl/α,β-unsaturated/α-hetero) is 2. The van der Waals surface area contributed by atoms with E-state index in [1.807, 2.05) is 24.3 Å². The van der Waals surface area contributed by atoms with Gasteiger partial charge in [-0.2, -0.15) is 0 Å². The number of piperazine rings is 1. The minimum Gasteiger partial charge on any atom is -0.508 e. The summed E-state index contributed by atoms with van der Waals surface area (Å²) in [5.41, 5.74) is 8.33. The first-order chi connectivity index (χ1) is 26.7. The minimum absolute atomic E-state index is 0.0373. The minimum atomic E-state index is -0.745. The number of anilines is 2. The van der Waals surface area contributed by atoms with E-state index >= 15 is 0 Å². The van der Waals surface area contributed by atoms with Gasteiger partial charge in [0.2, 0.25) is 0 Å². The van der Waals surface area contributed by atoms with E-state index < -0.39 is 11.6 Å². The van der Waals surface area contributed by atoms with Crippen molar-refractivity contribution in [1.82, 2.24) is 9.80 Å². The second kappa shape index (κ2) is 14.6. The molecule has 5 aliphatic rings. The number of aliphatic hydroxyl groups is 1. The number of rotatable bonds is 7. The highest BCUT2D eigenvalue weighted by Gasteiger charge is 2.40. The molecule has 1 amide bonds. The number of hydrogen-bond acceptors (Lipinski definition) is 8. The lowest BCUT2D eigenvalue weighted by Gasteiger charge is -2.44. The Balaban J connectivity index is 0.795. The number of aromatic hydroxyl groups is 1. The summed E-state index contributed by atoms with van der Waals surface area (Å²) in [6.07, 6.45) is 4.05. The average molecular weight is 739 g/mol. The largest absolute Gasteiger partial charge is 0.508 e. The quantitative estimate of drug-likeness (QED) is 0.221. The molecule has 1 saturated carbocycles. The summed E-state index contributed by atoms with van der Waals surface area (Å²) < 4.78 is 0. The number of fused-ring (bicyclic) bond motifs is 2. The highest BCUT2D eigenvalue weighted by Crippen LogP contribution is 2.47. The summed E-state index contributed by atoms with van der Waals surface area (Å²) in [7, 11) is 0. The summed E-state index contributed by atoms with van der Waals surface area (Å²) in [6.45, 7) is 6.15. The molecule has 55 heavy (non-hydrogen) atoms. The van der Waals surface area contributed by atoms with Crippen molar-refractivity contribution >= 4 is 28.8 Å². The number of nitrogens with zero attached hydrogens (tertiary/aromatic N) is 4. The van der Waals surface area contributed by atoms with Crippen molar-refractivity contribution in [1.29, 1.82) is 0 Å². The Morgan fingerprint density at radius 2 is 1.42 bits per heavy atom. The zero-order valence-corrected chi connectivity index (χ0v) is 31.4. The van der Waals surface area contributed by atoms with Gasteiger partial charge < -0.3 is 24.9 Å². The van der Waals surface area contributed by atoms with Crippen molar-refractivity contribution in [3.05, 3.63) is 124 Å². The first-order valence-electron chi connectivity index (χ1n) is 20.1. The zero-order valence-electron chi connectivity index (χ0n) is 31.4. The van der Waals surface area contributed by atoms with Gasteiger partial charge >= 0.3 is 0 Å². The molecule has 3 aliphatic heterocycles. The molecule has 2 N–H and O–H groups in total. The number of amides is 1. The van der Waals surface area contributed by atoms with Crippen LogP contribution in [0.4, 0.5) is 11.4 Å². The van der Waals surface area contributed by atoms with Crippen LogP contribution in [0.25, 0.3) is 0 Å². The molecule has 3 atom stereocenters. The third-order valence-corrected chi connectivity index (χ3v) is 13.1. The summed E-state index contributed by atoms with van der Waals surface area (Å²) >= 11 is 0. The molecule has 9 heteroatoms. The van der Waals surface area contributed by atoms with Crippen LogP contribution in [-0.2, 0) is 22.6 Å². The van der Waals surface area contributed by atoms with Crippen molar-refractivity contribution in [2.24, 2.45) is 0 Å². The maximum absolute atomic E-state index is 13.2. The molecule has 2 aliphatic carbocycles. The number of β-amino-alcohol motifs (C(OH)–C–C–N with tert-alkyl or cyclic N) is 1. The van der Waals surface area contributed by atoms with Gasteiger partial charge in [-0.05, 0) is 108 Å². The molecule has 4 aromatic rings. The fourth-order valence-corrected chi connectivity index (χ4v) is 10.1. The van der Waals surface area contributed by atoms with Gasteiger partial charge in [-0.15, -0.1) is 0 Å². The molecule has 284 valence electrons. The normalized spacial score (nSPS) is 24.2. The molecule has 0 spiro atoms. The molecule has 0 bridgehead atoms. The smallest absolute Gasteiger partial charge is 0.255 e. The third-order valence-electron chi connectivity index (χ3n) is 13.1. The number of phenolic OH excluding ortho intramolecular Hbond substituents is 1. The van der Waals surface area contributed by atoms with Crippen molar-refractivity contribution in [3.8, 4) is 5.75 Å². The zero-order chi connectivity index (χ0) is 37.7. The fourth-order valence-electron chi connectivity index (χ4n) is 10.1. The monoisotopic (exact) mass is 738 g/mol. The molecule has 0 radical (unpaired) electrons. The Labute approximate surface area is 323 Å². The van der Waals surface area contributed by atoms with Crippen molar-refractivity contribution in [3.63, 3.8) is 0 Å². The van der Waals surface area contributed by atoms with Crippen LogP contribution in [0.2, 0.25) is 0 Å². The fraction of sp³-hybridized carbons (Fsp3) is 0.413. The standard InChI is InChI=1S/C46H50N4O5/c51-37-12-16-40-33(27-37)8-14-39(31-4-2-1-3-5-31)44(40)32-6-9-35(10-7-32)49-24-22-47(23-25-49)30-46(55)18-20-48(21-19-46)36-11-15-41-34(26-36)29-50(45(41)54)42-17-13-38(52)28-43(42)53/h1-7,9-12,15-16,26-27,39,42,44,51,55H,8,13-14,17-25,28-30H2/t39-,42?,44+/m1/s1. The van der Waals surface area contributed by atoms with Gasteiger partial charge in [0.1, 0.15) is 11.5 Å². The van der Waals surface area contributed by atoms with Gasteiger partial charge in [0.25, 0.3) is 5.91 Å². The molecule has 1 unspecified atom stereocenters. The predicted molar refractivity (Wildman–Crippen MR) is 213 cm³/mol. The number of carbonyl (C=O) groups is 3. The van der Waals surface area contributed by atoms with Gasteiger partial charge in [-0.1, -0.05) is 48.5 Å². The molecular formula is C46H50N4O5. The molecule has 3 fully saturated rings. The van der Waals surface area contributed by atoms with E-state index in [-0.39, 0.29) is 29.8 Å². The molecule has 4 aromatic carbocycles. The number of phenols is 1. The first-order valence-corrected chi connectivity index (χ1v) is 20.1. The highest BCUT2D eigenvalue weighted by molar-refractivity contribution is 6.07. The maximum atomic E-state index is 13.2. The van der Waals surface area contributed by atoms with Crippen LogP contribution in [0, 0.1) is 0 Å². The predicted octanol–water partition coefficient (Wildman–Crippen LogP) is 6.05. The number of ketones is 2. The van der Waals surface area contributed by atoms with E-state index in [4.69, 9.17) is 0 Å². The summed E-state index contributed by atoms with van der Waals surface area (Å²) in [5.74, 6) is 0.639. The second-order valence-electron chi connectivity index (χ2n) is 16.5. The Bertz CT molecular complexity index is 2090. The van der Waals surface area contributed by atoms with E-state index in [9.17, 15) is 24.6 Å². The van der Waals surface area contributed by atoms with E-state index in [0.717, 1.165) is 63.4 Å². The lowest BCUT2D eigenvalue weighted by atomic mass is 9.69. The first kappa shape index (κ1) is 35.7. The molecule has 9 nitrogen and oxygen atoms in total. The molecule has 0 aromatic heterocycles.